The second-order valence-corrected chi connectivity index (χ2v) is 10.7. The molecule has 3 aromatic carbocycles. The molecule has 2 saturated heterocycles. The zero-order valence-electron chi connectivity index (χ0n) is 22.6. The number of β-lactam (4-membered cyclic amide) rings is 1. The molecule has 0 radical (unpaired) electrons. The molecule has 2 aliphatic heterocycles. The smallest absolute Gasteiger partial charge is 0.233 e. The monoisotopic (exact) mass is 579 g/mol. The lowest BCUT2D eigenvalue weighted by atomic mass is 9.77. The SMILES string of the molecule is O=C1[C@H](CC[C@H](O)c2ccc(F)cc2)[C@@H](c2ccc(/C=C/[C@@H]3OC(CO)[C@H](O)C(O)[C@H]3O)cc2O)N1c1ccccc1. The van der Waals surface area contributed by atoms with Crippen LogP contribution in [0.1, 0.15) is 41.7 Å². The highest BCUT2D eigenvalue weighted by Gasteiger charge is 2.49. The number of phenolic OH excluding ortho intramolecular Hbond substituents is 1. The number of aliphatic hydroxyl groups excluding tert-OH is 5. The van der Waals surface area contributed by atoms with Gasteiger partial charge in [0.15, 0.2) is 0 Å². The Labute approximate surface area is 242 Å². The lowest BCUT2D eigenvalue weighted by Crippen LogP contribution is -2.57. The summed E-state index contributed by atoms with van der Waals surface area (Å²) >= 11 is 0. The van der Waals surface area contributed by atoms with E-state index in [-0.39, 0.29) is 18.1 Å². The summed E-state index contributed by atoms with van der Waals surface area (Å²) in [6.07, 6.45) is -3.64. The van der Waals surface area contributed by atoms with Crippen molar-refractivity contribution in [3.05, 3.63) is 101 Å². The fourth-order valence-electron chi connectivity index (χ4n) is 5.66. The number of hydrogen-bond acceptors (Lipinski definition) is 8. The maximum atomic E-state index is 13.3. The van der Waals surface area contributed by atoms with Crippen LogP contribution in [-0.2, 0) is 9.53 Å². The van der Waals surface area contributed by atoms with E-state index in [0.717, 1.165) is 0 Å². The minimum atomic E-state index is -1.50. The molecule has 42 heavy (non-hydrogen) atoms. The Balaban J connectivity index is 1.35. The third-order valence-corrected chi connectivity index (χ3v) is 8.03. The van der Waals surface area contributed by atoms with Gasteiger partial charge in [0.25, 0.3) is 0 Å². The van der Waals surface area contributed by atoms with Crippen molar-refractivity contribution < 1.29 is 44.6 Å². The minimum Gasteiger partial charge on any atom is -0.508 e. The van der Waals surface area contributed by atoms with E-state index >= 15 is 0 Å². The third-order valence-electron chi connectivity index (χ3n) is 8.03. The number of benzene rings is 3. The first-order valence-electron chi connectivity index (χ1n) is 13.8. The minimum absolute atomic E-state index is 0.0616. The summed E-state index contributed by atoms with van der Waals surface area (Å²) in [5.74, 6) is -1.11. The second-order valence-electron chi connectivity index (χ2n) is 10.7. The van der Waals surface area contributed by atoms with Gasteiger partial charge in [0.2, 0.25) is 5.91 Å². The van der Waals surface area contributed by atoms with E-state index in [4.69, 9.17) is 4.74 Å². The number of anilines is 1. The van der Waals surface area contributed by atoms with Crippen molar-refractivity contribution in [1.29, 1.82) is 0 Å². The van der Waals surface area contributed by atoms with E-state index < -0.39 is 61.0 Å². The molecule has 0 aromatic heterocycles. The van der Waals surface area contributed by atoms with Crippen LogP contribution in [0.25, 0.3) is 6.08 Å². The van der Waals surface area contributed by atoms with Gasteiger partial charge in [-0.05, 0) is 54.3 Å². The van der Waals surface area contributed by atoms with Gasteiger partial charge >= 0.3 is 0 Å². The summed E-state index contributed by atoms with van der Waals surface area (Å²) < 4.78 is 18.8. The van der Waals surface area contributed by atoms with E-state index in [1.807, 2.05) is 30.3 Å². The number of hydrogen-bond donors (Lipinski definition) is 6. The molecule has 3 aromatic rings. The van der Waals surface area contributed by atoms with Crippen LogP contribution in [0.5, 0.6) is 5.75 Å². The van der Waals surface area contributed by atoms with Gasteiger partial charge in [-0.15, -0.1) is 0 Å². The van der Waals surface area contributed by atoms with Crippen LogP contribution in [0.15, 0.2) is 78.9 Å². The standard InChI is InChI=1S/C32H34FNO8/c33-20-10-8-19(9-11-20)24(36)14-13-23-28(34(32(23)41)21-4-2-1-3-5-21)22-12-6-18(16-25(22)37)7-15-26-29(38)31(40)30(39)27(17-35)42-26/h1-12,15-16,23-24,26-31,35-40H,13-14,17H2/b15-7+/t23-,24+,26+,27?,28-,29+,30+,31?/m1/s1. The average Bonchev–Trinajstić information content (AvgIpc) is 2.99. The van der Waals surface area contributed by atoms with Crippen molar-refractivity contribution in [2.24, 2.45) is 5.92 Å². The van der Waals surface area contributed by atoms with Gasteiger partial charge in [-0.1, -0.05) is 54.6 Å². The summed E-state index contributed by atoms with van der Waals surface area (Å²) in [6, 6.07) is 19.1. The van der Waals surface area contributed by atoms with Gasteiger partial charge < -0.3 is 40.3 Å². The fourth-order valence-corrected chi connectivity index (χ4v) is 5.66. The zero-order chi connectivity index (χ0) is 30.0. The first-order valence-corrected chi connectivity index (χ1v) is 13.8. The number of ether oxygens (including phenoxy) is 1. The van der Waals surface area contributed by atoms with E-state index in [0.29, 0.717) is 28.8 Å². The summed E-state index contributed by atoms with van der Waals surface area (Å²) in [5.41, 5.74) is 2.30. The maximum Gasteiger partial charge on any atom is 0.233 e. The molecule has 2 fully saturated rings. The lowest BCUT2D eigenvalue weighted by molar-refractivity contribution is -0.216. The summed E-state index contributed by atoms with van der Waals surface area (Å²) in [7, 11) is 0. The second kappa shape index (κ2) is 12.7. The lowest BCUT2D eigenvalue weighted by Gasteiger charge is -2.48. The summed E-state index contributed by atoms with van der Waals surface area (Å²) in [5, 5.41) is 61.5. The first kappa shape index (κ1) is 29.8. The third kappa shape index (κ3) is 5.96. The van der Waals surface area contributed by atoms with Crippen LogP contribution >= 0.6 is 0 Å². The normalized spacial score (nSPS) is 28.6. The molecule has 8 atom stereocenters. The predicted molar refractivity (Wildman–Crippen MR) is 152 cm³/mol. The molecule has 0 spiro atoms. The van der Waals surface area contributed by atoms with Crippen molar-refractivity contribution in [2.75, 3.05) is 11.5 Å². The fraction of sp³-hybridized carbons (Fsp3) is 0.344. The van der Waals surface area contributed by atoms with Crippen LogP contribution in [0.3, 0.4) is 0 Å². The van der Waals surface area contributed by atoms with Gasteiger partial charge in [0.1, 0.15) is 42.1 Å². The van der Waals surface area contributed by atoms with Gasteiger partial charge in [0, 0.05) is 11.3 Å². The van der Waals surface area contributed by atoms with Crippen molar-refractivity contribution in [2.45, 2.75) is 55.5 Å². The highest BCUT2D eigenvalue weighted by atomic mass is 19.1. The Kier molecular flexibility index (Phi) is 9.02. The maximum absolute atomic E-state index is 13.3. The molecule has 6 N–H and O–H groups in total. The highest BCUT2D eigenvalue weighted by Crippen LogP contribution is 2.48. The van der Waals surface area contributed by atoms with Crippen molar-refractivity contribution in [3.8, 4) is 5.75 Å². The quantitative estimate of drug-likeness (QED) is 0.212. The summed E-state index contributed by atoms with van der Waals surface area (Å²) in [4.78, 5) is 15.0. The largest absolute Gasteiger partial charge is 0.508 e. The molecule has 1 amide bonds. The van der Waals surface area contributed by atoms with Crippen LogP contribution in [0.4, 0.5) is 10.1 Å². The number of aliphatic hydroxyl groups is 5. The number of rotatable bonds is 9. The van der Waals surface area contributed by atoms with Crippen LogP contribution in [0, 0.1) is 11.7 Å². The molecule has 2 heterocycles. The first-order chi connectivity index (χ1) is 20.2. The Hall–Kier alpha value is -3.64. The Morgan fingerprint density at radius 3 is 2.33 bits per heavy atom. The van der Waals surface area contributed by atoms with Gasteiger partial charge in [0.05, 0.1) is 24.7 Å². The molecule has 9 nitrogen and oxygen atoms in total. The molecule has 0 saturated carbocycles. The number of para-hydroxylation sites is 1. The Morgan fingerprint density at radius 1 is 0.952 bits per heavy atom. The van der Waals surface area contributed by atoms with Crippen LogP contribution < -0.4 is 4.90 Å². The topological polar surface area (TPSA) is 151 Å². The van der Waals surface area contributed by atoms with Gasteiger partial charge in [-0.3, -0.25) is 4.79 Å². The Morgan fingerprint density at radius 2 is 1.67 bits per heavy atom. The molecule has 0 aliphatic carbocycles. The number of carbonyl (C=O) groups excluding carboxylic acids is 1. The summed E-state index contributed by atoms with van der Waals surface area (Å²) in [6.45, 7) is -0.537. The molecule has 222 valence electrons. The number of aromatic hydroxyl groups is 1. The predicted octanol–water partition coefficient (Wildman–Crippen LogP) is 2.60. The molecule has 10 heteroatoms. The molecular weight excluding hydrogens is 545 g/mol. The molecule has 2 unspecified atom stereocenters. The molecule has 0 bridgehead atoms. The zero-order valence-corrected chi connectivity index (χ0v) is 22.6. The van der Waals surface area contributed by atoms with Crippen LogP contribution in [0.2, 0.25) is 0 Å². The number of carbonyl (C=O) groups is 1. The molecular formula is C32H34FNO8. The van der Waals surface area contributed by atoms with Gasteiger partial charge in [-0.2, -0.15) is 0 Å². The number of amides is 1. The molecule has 5 rings (SSSR count). The van der Waals surface area contributed by atoms with E-state index in [2.05, 4.69) is 0 Å². The van der Waals surface area contributed by atoms with Crippen molar-refractivity contribution in [3.63, 3.8) is 0 Å². The molecule has 2 aliphatic rings. The Bertz CT molecular complexity index is 1400. The number of nitrogens with zero attached hydrogens (tertiary/aromatic N) is 1. The average molecular weight is 580 g/mol. The highest BCUT2D eigenvalue weighted by molar-refractivity contribution is 6.03. The van der Waals surface area contributed by atoms with E-state index in [9.17, 15) is 39.8 Å². The van der Waals surface area contributed by atoms with E-state index in [1.54, 1.807) is 23.1 Å². The van der Waals surface area contributed by atoms with Crippen molar-refractivity contribution >= 4 is 17.7 Å². The number of phenols is 1. The van der Waals surface area contributed by atoms with Crippen LogP contribution in [-0.4, -0.2) is 73.7 Å². The van der Waals surface area contributed by atoms with Crippen molar-refractivity contribution in [1.82, 2.24) is 0 Å². The number of halogens is 1. The van der Waals surface area contributed by atoms with Gasteiger partial charge in [-0.25, -0.2) is 4.39 Å². The van der Waals surface area contributed by atoms with E-state index in [1.165, 1.54) is 36.4 Å².